The molecule has 3 N–H and O–H groups in total. The quantitative estimate of drug-likeness (QED) is 0.489. The van der Waals surface area contributed by atoms with Crippen LogP contribution in [0.3, 0.4) is 0 Å². The van der Waals surface area contributed by atoms with E-state index >= 15 is 0 Å². The molecule has 0 radical (unpaired) electrons. The van der Waals surface area contributed by atoms with Crippen LogP contribution in [0.15, 0.2) is 18.2 Å². The van der Waals surface area contributed by atoms with E-state index in [9.17, 15) is 20.0 Å². The van der Waals surface area contributed by atoms with Crippen LogP contribution in [0.1, 0.15) is 45.1 Å². The van der Waals surface area contributed by atoms with Crippen LogP contribution >= 0.6 is 0 Å². The lowest BCUT2D eigenvalue weighted by Gasteiger charge is -2.21. The van der Waals surface area contributed by atoms with Gasteiger partial charge in [-0.1, -0.05) is 32.9 Å². The summed E-state index contributed by atoms with van der Waals surface area (Å²) in [4.78, 5) is 21.7. The number of carboxylic acids is 1. The summed E-state index contributed by atoms with van der Waals surface area (Å²) in [6, 6.07) is 4.29. The first kappa shape index (κ1) is 15.9. The Morgan fingerprint density at radius 2 is 2.05 bits per heavy atom. The highest BCUT2D eigenvalue weighted by atomic mass is 16.6. The molecule has 1 unspecified atom stereocenters. The Bertz CT molecular complexity index is 520. The van der Waals surface area contributed by atoms with Crippen molar-refractivity contribution in [1.29, 1.82) is 0 Å². The number of hydrogen-bond acceptors (Lipinski definition) is 4. The topological polar surface area (TPSA) is 106 Å². The molecule has 6 nitrogen and oxygen atoms in total. The molecule has 0 aromatic heterocycles. The van der Waals surface area contributed by atoms with Crippen molar-refractivity contribution < 1.29 is 14.8 Å². The van der Waals surface area contributed by atoms with Gasteiger partial charge < -0.3 is 10.8 Å². The molecular weight excluding hydrogens is 260 g/mol. The van der Waals surface area contributed by atoms with Gasteiger partial charge in [0.1, 0.15) is 5.69 Å². The fourth-order valence-corrected chi connectivity index (χ4v) is 2.02. The summed E-state index contributed by atoms with van der Waals surface area (Å²) in [6.07, 6.45) is 1.08. The molecule has 110 valence electrons. The summed E-state index contributed by atoms with van der Waals surface area (Å²) in [5, 5.41) is 20.2. The first-order valence-electron chi connectivity index (χ1n) is 6.39. The molecule has 0 aliphatic rings. The van der Waals surface area contributed by atoms with Crippen LogP contribution < -0.4 is 5.73 Å². The van der Waals surface area contributed by atoms with Crippen LogP contribution in [0.25, 0.3) is 0 Å². The number of hydrogen-bond donors (Lipinski definition) is 2. The molecule has 0 fully saturated rings. The van der Waals surface area contributed by atoms with Crippen LogP contribution in [0.2, 0.25) is 0 Å². The molecule has 0 aliphatic carbocycles. The van der Waals surface area contributed by atoms with Gasteiger partial charge in [0.2, 0.25) is 0 Å². The van der Waals surface area contributed by atoms with E-state index in [-0.39, 0.29) is 16.8 Å². The third-order valence-electron chi connectivity index (χ3n) is 3.17. The predicted octanol–water partition coefficient (Wildman–Crippen LogP) is 3.17. The van der Waals surface area contributed by atoms with Gasteiger partial charge in [-0.05, 0) is 23.8 Å². The fraction of sp³-hybridized carbons (Fsp3) is 0.500. The molecule has 1 rings (SSSR count). The SMILES string of the molecule is CC(C)(C)CCC(C(=O)O)c1cccc([N+](=O)[O-])c1N. The average molecular weight is 280 g/mol. The largest absolute Gasteiger partial charge is 0.481 e. The Hall–Kier alpha value is -2.11. The van der Waals surface area contributed by atoms with Gasteiger partial charge in [0.25, 0.3) is 5.69 Å². The van der Waals surface area contributed by atoms with Gasteiger partial charge in [0.05, 0.1) is 10.8 Å². The Labute approximate surface area is 117 Å². The van der Waals surface area contributed by atoms with Crippen molar-refractivity contribution in [3.8, 4) is 0 Å². The normalized spacial score (nSPS) is 12.9. The molecule has 20 heavy (non-hydrogen) atoms. The minimum Gasteiger partial charge on any atom is -0.481 e. The Kier molecular flexibility index (Phi) is 4.70. The third-order valence-corrected chi connectivity index (χ3v) is 3.17. The minimum atomic E-state index is -1.01. The molecule has 1 aromatic rings. The number of nitro groups is 1. The zero-order valence-electron chi connectivity index (χ0n) is 11.9. The Balaban J connectivity index is 3.13. The number of para-hydroxylation sites is 1. The van der Waals surface area contributed by atoms with Crippen molar-refractivity contribution in [3.05, 3.63) is 33.9 Å². The van der Waals surface area contributed by atoms with Crippen LogP contribution in [-0.4, -0.2) is 16.0 Å². The first-order valence-corrected chi connectivity index (χ1v) is 6.39. The summed E-state index contributed by atoms with van der Waals surface area (Å²) >= 11 is 0. The standard InChI is InChI=1S/C14H20N2O4/c1-14(2,3)8-7-10(13(17)18)9-5-4-6-11(12(9)15)16(19)20/h4-6,10H,7-8,15H2,1-3H3,(H,17,18). The molecule has 1 aromatic carbocycles. The number of benzene rings is 1. The van der Waals surface area contributed by atoms with Gasteiger partial charge in [-0.25, -0.2) is 0 Å². The summed E-state index contributed by atoms with van der Waals surface area (Å²) in [6.45, 7) is 6.05. The van der Waals surface area contributed by atoms with Crippen LogP contribution in [0.4, 0.5) is 11.4 Å². The number of carboxylic acid groups (broad SMARTS) is 1. The molecule has 0 aliphatic heterocycles. The molecule has 0 spiro atoms. The number of nitro benzene ring substituents is 1. The lowest BCUT2D eigenvalue weighted by molar-refractivity contribution is -0.383. The fourth-order valence-electron chi connectivity index (χ4n) is 2.02. The second kappa shape index (κ2) is 5.90. The number of carbonyl (C=O) groups is 1. The lowest BCUT2D eigenvalue weighted by atomic mass is 9.83. The second-order valence-electron chi connectivity index (χ2n) is 6.03. The zero-order valence-corrected chi connectivity index (χ0v) is 11.9. The average Bonchev–Trinajstić information content (AvgIpc) is 2.29. The van der Waals surface area contributed by atoms with E-state index in [0.29, 0.717) is 18.4 Å². The first-order chi connectivity index (χ1) is 9.13. The van der Waals surface area contributed by atoms with Crippen LogP contribution in [-0.2, 0) is 4.79 Å². The summed E-state index contributed by atoms with van der Waals surface area (Å²) in [5.74, 6) is -1.84. The zero-order chi connectivity index (χ0) is 15.5. The lowest BCUT2D eigenvalue weighted by Crippen LogP contribution is -2.17. The molecule has 1 atom stereocenters. The molecule has 0 bridgehead atoms. The molecule has 0 saturated carbocycles. The van der Waals surface area contributed by atoms with E-state index in [1.807, 2.05) is 20.8 Å². The van der Waals surface area contributed by atoms with Crippen molar-refractivity contribution in [2.24, 2.45) is 5.41 Å². The number of rotatable bonds is 5. The Morgan fingerprint density at radius 1 is 1.45 bits per heavy atom. The van der Waals surface area contributed by atoms with E-state index in [2.05, 4.69) is 0 Å². The van der Waals surface area contributed by atoms with Crippen molar-refractivity contribution in [2.45, 2.75) is 39.5 Å². The van der Waals surface area contributed by atoms with E-state index in [0.717, 1.165) is 0 Å². The number of nitrogen functional groups attached to an aromatic ring is 1. The highest BCUT2D eigenvalue weighted by Crippen LogP contribution is 2.35. The highest BCUT2D eigenvalue weighted by Gasteiger charge is 2.27. The number of aliphatic carboxylic acids is 1. The van der Waals surface area contributed by atoms with Crippen molar-refractivity contribution in [1.82, 2.24) is 0 Å². The molecule has 0 heterocycles. The number of nitrogens with zero attached hydrogens (tertiary/aromatic N) is 1. The van der Waals surface area contributed by atoms with Gasteiger partial charge in [0, 0.05) is 6.07 Å². The predicted molar refractivity (Wildman–Crippen MR) is 76.6 cm³/mol. The summed E-state index contributed by atoms with van der Waals surface area (Å²) in [5.41, 5.74) is 5.76. The van der Waals surface area contributed by atoms with Gasteiger partial charge in [-0.2, -0.15) is 0 Å². The third kappa shape index (κ3) is 3.94. The van der Waals surface area contributed by atoms with Gasteiger partial charge in [-0.15, -0.1) is 0 Å². The minimum absolute atomic E-state index is 0.0107. The molecule has 6 heteroatoms. The number of nitrogens with two attached hydrogens (primary N) is 1. The summed E-state index contributed by atoms with van der Waals surface area (Å²) < 4.78 is 0. The van der Waals surface area contributed by atoms with Crippen molar-refractivity contribution >= 4 is 17.3 Å². The van der Waals surface area contributed by atoms with Crippen molar-refractivity contribution in [2.75, 3.05) is 5.73 Å². The molecule has 0 amide bonds. The van der Waals surface area contributed by atoms with E-state index in [1.54, 1.807) is 6.07 Å². The maximum Gasteiger partial charge on any atom is 0.311 e. The van der Waals surface area contributed by atoms with Gasteiger partial charge in [0.15, 0.2) is 0 Å². The maximum atomic E-state index is 11.4. The second-order valence-corrected chi connectivity index (χ2v) is 6.03. The van der Waals surface area contributed by atoms with E-state index < -0.39 is 16.8 Å². The Morgan fingerprint density at radius 3 is 2.50 bits per heavy atom. The maximum absolute atomic E-state index is 11.4. The van der Waals surface area contributed by atoms with E-state index in [1.165, 1.54) is 12.1 Å². The smallest absolute Gasteiger partial charge is 0.311 e. The van der Waals surface area contributed by atoms with E-state index in [4.69, 9.17) is 5.73 Å². The molecule has 0 saturated heterocycles. The van der Waals surface area contributed by atoms with Crippen LogP contribution in [0, 0.1) is 15.5 Å². The monoisotopic (exact) mass is 280 g/mol. The molecular formula is C14H20N2O4. The van der Waals surface area contributed by atoms with Gasteiger partial charge >= 0.3 is 5.97 Å². The summed E-state index contributed by atoms with van der Waals surface area (Å²) in [7, 11) is 0. The van der Waals surface area contributed by atoms with Crippen LogP contribution in [0.5, 0.6) is 0 Å². The van der Waals surface area contributed by atoms with Gasteiger partial charge in [-0.3, -0.25) is 14.9 Å². The number of anilines is 1. The highest BCUT2D eigenvalue weighted by molar-refractivity contribution is 5.80. The van der Waals surface area contributed by atoms with Crippen molar-refractivity contribution in [3.63, 3.8) is 0 Å².